The Balaban J connectivity index is 1.88. The number of fused-ring (bicyclic) bond motifs is 4. The van der Waals surface area contributed by atoms with Crippen LogP contribution in [0, 0.1) is 0 Å². The first kappa shape index (κ1) is 11.2. The first-order valence-corrected chi connectivity index (χ1v) is 7.33. The van der Waals surface area contributed by atoms with Gasteiger partial charge in [0, 0.05) is 35.9 Å². The zero-order valence-corrected chi connectivity index (χ0v) is 11.1. The lowest BCUT2D eigenvalue weighted by Gasteiger charge is -2.29. The zero-order valence-electron chi connectivity index (χ0n) is 10.2. The Morgan fingerprint density at radius 2 is 2.37 bits per heavy atom. The summed E-state index contributed by atoms with van der Waals surface area (Å²) < 4.78 is 7.86. The van der Waals surface area contributed by atoms with E-state index in [2.05, 4.69) is 20.6 Å². The van der Waals surface area contributed by atoms with Gasteiger partial charge in [0.15, 0.2) is 12.1 Å². The van der Waals surface area contributed by atoms with Gasteiger partial charge in [0.1, 0.15) is 0 Å². The average Bonchev–Trinajstić information content (AvgIpc) is 2.87. The second-order valence-corrected chi connectivity index (χ2v) is 5.60. The molecule has 0 radical (unpaired) electrons. The first-order chi connectivity index (χ1) is 9.43. The number of rotatable bonds is 0. The average molecular weight is 275 g/mol. The Kier molecular flexibility index (Phi) is 2.66. The molecule has 2 aromatic heterocycles. The van der Waals surface area contributed by atoms with Crippen molar-refractivity contribution in [3.05, 3.63) is 24.0 Å². The maximum Gasteiger partial charge on any atom is 0.210 e. The van der Waals surface area contributed by atoms with Gasteiger partial charge >= 0.3 is 0 Å². The van der Waals surface area contributed by atoms with Crippen LogP contribution in [-0.4, -0.2) is 32.2 Å². The van der Waals surface area contributed by atoms with E-state index in [-0.39, 0.29) is 6.23 Å². The van der Waals surface area contributed by atoms with E-state index < -0.39 is 0 Å². The molecular weight excluding hydrogens is 262 g/mol. The van der Waals surface area contributed by atoms with Crippen molar-refractivity contribution >= 4 is 11.8 Å². The summed E-state index contributed by atoms with van der Waals surface area (Å²) in [4.78, 5) is 4.19. The number of thioether (sulfide) groups is 1. The van der Waals surface area contributed by atoms with Gasteiger partial charge in [-0.3, -0.25) is 10.4 Å². The van der Waals surface area contributed by atoms with Crippen LogP contribution >= 0.6 is 11.8 Å². The van der Waals surface area contributed by atoms with Crippen molar-refractivity contribution < 1.29 is 4.74 Å². The summed E-state index contributed by atoms with van der Waals surface area (Å²) in [6.07, 6.45) is 5.62. The number of aromatic nitrogens is 4. The summed E-state index contributed by atoms with van der Waals surface area (Å²) in [7, 11) is 0. The van der Waals surface area contributed by atoms with Crippen LogP contribution in [0.15, 0.2) is 23.6 Å². The molecule has 4 rings (SSSR count). The molecule has 0 fully saturated rings. The molecule has 1 N–H and O–H groups in total. The highest BCUT2D eigenvalue weighted by atomic mass is 32.2. The Morgan fingerprint density at radius 1 is 1.37 bits per heavy atom. The third kappa shape index (κ3) is 1.81. The van der Waals surface area contributed by atoms with Gasteiger partial charge in [-0.1, -0.05) is 11.8 Å². The van der Waals surface area contributed by atoms with Crippen LogP contribution in [-0.2, 0) is 4.74 Å². The summed E-state index contributed by atoms with van der Waals surface area (Å²) in [6, 6.07) is 1.97. The maximum absolute atomic E-state index is 5.93. The van der Waals surface area contributed by atoms with E-state index in [4.69, 9.17) is 4.74 Å². The smallest absolute Gasteiger partial charge is 0.210 e. The van der Waals surface area contributed by atoms with Crippen molar-refractivity contribution in [2.75, 3.05) is 17.8 Å². The standard InChI is InChI=1S/C12H13N5OS/c1-2-6-19-12-15-14-10-8-3-4-13-7-9(8)11(18-5-1)16-17(10)12/h3-4,7,11,16H,1-2,5-6H2. The topological polar surface area (TPSA) is 64.9 Å². The molecule has 98 valence electrons. The number of hydrogen-bond donors (Lipinski definition) is 1. The molecule has 0 aromatic carbocycles. The van der Waals surface area contributed by atoms with E-state index in [9.17, 15) is 0 Å². The summed E-state index contributed by atoms with van der Waals surface area (Å²) in [5.74, 6) is 1.87. The van der Waals surface area contributed by atoms with Crippen LogP contribution in [0.3, 0.4) is 0 Å². The zero-order chi connectivity index (χ0) is 12.7. The number of nitrogens with one attached hydrogen (secondary N) is 1. The molecule has 2 aliphatic heterocycles. The molecule has 7 heteroatoms. The summed E-state index contributed by atoms with van der Waals surface area (Å²) in [6.45, 7) is 0.749. The molecule has 2 aromatic rings. The molecule has 2 aliphatic rings. The number of ether oxygens (including phenoxy) is 1. The van der Waals surface area contributed by atoms with Gasteiger partial charge in [-0.05, 0) is 18.9 Å². The predicted octanol–water partition coefficient (Wildman–Crippen LogP) is 1.80. The normalized spacial score (nSPS) is 21.4. The molecule has 2 bridgehead atoms. The number of hydrogen-bond acceptors (Lipinski definition) is 6. The van der Waals surface area contributed by atoms with Gasteiger partial charge < -0.3 is 4.74 Å². The third-order valence-electron chi connectivity index (χ3n) is 3.31. The number of pyridine rings is 1. The van der Waals surface area contributed by atoms with Crippen molar-refractivity contribution in [2.24, 2.45) is 0 Å². The highest BCUT2D eigenvalue weighted by Gasteiger charge is 2.29. The molecule has 0 saturated carbocycles. The monoisotopic (exact) mass is 275 g/mol. The van der Waals surface area contributed by atoms with Crippen molar-refractivity contribution in [2.45, 2.75) is 24.2 Å². The second-order valence-electron chi connectivity index (χ2n) is 4.54. The van der Waals surface area contributed by atoms with Gasteiger partial charge in [0.2, 0.25) is 5.16 Å². The minimum absolute atomic E-state index is 0.176. The second kappa shape index (κ2) is 4.50. The molecule has 6 nitrogen and oxygen atoms in total. The molecule has 1 atom stereocenters. The largest absolute Gasteiger partial charge is 0.353 e. The maximum atomic E-state index is 5.93. The molecular formula is C12H13N5OS. The molecule has 0 saturated heterocycles. The fourth-order valence-corrected chi connectivity index (χ4v) is 3.25. The first-order valence-electron chi connectivity index (χ1n) is 6.34. The quantitative estimate of drug-likeness (QED) is 0.791. The van der Waals surface area contributed by atoms with Gasteiger partial charge in [-0.25, -0.2) is 4.68 Å². The lowest BCUT2D eigenvalue weighted by molar-refractivity contribution is 0.0581. The molecule has 0 spiro atoms. The van der Waals surface area contributed by atoms with E-state index in [1.807, 2.05) is 16.9 Å². The van der Waals surface area contributed by atoms with Crippen molar-refractivity contribution in [1.82, 2.24) is 19.9 Å². The van der Waals surface area contributed by atoms with Gasteiger partial charge in [-0.15, -0.1) is 10.2 Å². The molecule has 1 unspecified atom stereocenters. The van der Waals surface area contributed by atoms with E-state index in [0.29, 0.717) is 0 Å². The van der Waals surface area contributed by atoms with Crippen LogP contribution < -0.4 is 5.43 Å². The minimum atomic E-state index is -0.176. The van der Waals surface area contributed by atoms with Crippen LogP contribution in [0.2, 0.25) is 0 Å². The summed E-state index contributed by atoms with van der Waals surface area (Å²) >= 11 is 1.73. The fourth-order valence-electron chi connectivity index (χ4n) is 2.36. The van der Waals surface area contributed by atoms with Crippen molar-refractivity contribution in [3.8, 4) is 11.4 Å². The van der Waals surface area contributed by atoms with Crippen molar-refractivity contribution in [1.29, 1.82) is 0 Å². The minimum Gasteiger partial charge on any atom is -0.353 e. The Labute approximate surface area is 114 Å². The highest BCUT2D eigenvalue weighted by Crippen LogP contribution is 2.35. The van der Waals surface area contributed by atoms with E-state index in [1.54, 1.807) is 18.0 Å². The lowest BCUT2D eigenvalue weighted by Crippen LogP contribution is -2.30. The van der Waals surface area contributed by atoms with Crippen LogP contribution in [0.1, 0.15) is 24.6 Å². The summed E-state index contributed by atoms with van der Waals surface area (Å²) in [5, 5.41) is 9.45. The van der Waals surface area contributed by atoms with E-state index in [0.717, 1.165) is 47.3 Å². The van der Waals surface area contributed by atoms with Crippen LogP contribution in [0.4, 0.5) is 0 Å². The SMILES string of the molecule is c1cc2c(cn1)C1Nn3c(nnc3-2)SCCCCO1. The summed E-state index contributed by atoms with van der Waals surface area (Å²) in [5.41, 5.74) is 5.40. The van der Waals surface area contributed by atoms with Crippen LogP contribution in [0.25, 0.3) is 11.4 Å². The molecule has 0 aliphatic carbocycles. The fraction of sp³-hybridized carbons (Fsp3) is 0.417. The van der Waals surface area contributed by atoms with Gasteiger partial charge in [0.05, 0.1) is 0 Å². The van der Waals surface area contributed by atoms with Crippen molar-refractivity contribution in [3.63, 3.8) is 0 Å². The molecule has 4 heterocycles. The van der Waals surface area contributed by atoms with E-state index >= 15 is 0 Å². The Bertz CT molecular complexity index is 614. The number of nitrogens with zero attached hydrogens (tertiary/aromatic N) is 4. The molecule has 0 amide bonds. The highest BCUT2D eigenvalue weighted by molar-refractivity contribution is 7.99. The van der Waals surface area contributed by atoms with Gasteiger partial charge in [0.25, 0.3) is 0 Å². The van der Waals surface area contributed by atoms with Gasteiger partial charge in [-0.2, -0.15) is 0 Å². The Hall–Kier alpha value is -1.60. The lowest BCUT2D eigenvalue weighted by atomic mass is 10.1. The third-order valence-corrected chi connectivity index (χ3v) is 4.32. The predicted molar refractivity (Wildman–Crippen MR) is 71.3 cm³/mol. The van der Waals surface area contributed by atoms with Crippen LogP contribution in [0.5, 0.6) is 0 Å². The van der Waals surface area contributed by atoms with E-state index in [1.165, 1.54) is 0 Å². The Morgan fingerprint density at radius 3 is 3.37 bits per heavy atom. The molecule has 19 heavy (non-hydrogen) atoms.